The summed E-state index contributed by atoms with van der Waals surface area (Å²) in [6, 6.07) is 5.18. The van der Waals surface area contributed by atoms with Gasteiger partial charge in [-0.25, -0.2) is 0 Å². The van der Waals surface area contributed by atoms with Crippen molar-refractivity contribution in [2.45, 2.75) is 38.3 Å². The first-order valence-electron chi connectivity index (χ1n) is 6.31. The molecule has 0 aromatic heterocycles. The van der Waals surface area contributed by atoms with Gasteiger partial charge in [-0.05, 0) is 37.0 Å². The van der Waals surface area contributed by atoms with Crippen LogP contribution in [0.3, 0.4) is 0 Å². The lowest BCUT2D eigenvalue weighted by Crippen LogP contribution is -2.12. The molecule has 0 bridgehead atoms. The lowest BCUT2D eigenvalue weighted by Gasteiger charge is -2.16. The Kier molecular flexibility index (Phi) is 4.12. The molecule has 0 amide bonds. The van der Waals surface area contributed by atoms with E-state index in [0.29, 0.717) is 17.7 Å². The van der Waals surface area contributed by atoms with E-state index >= 15 is 0 Å². The molecule has 19 heavy (non-hydrogen) atoms. The lowest BCUT2D eigenvalue weighted by atomic mass is 9.90. The molecule has 1 aliphatic rings. The van der Waals surface area contributed by atoms with Gasteiger partial charge in [0.05, 0.1) is 6.61 Å². The standard InChI is InChI=1S/C14H15F3O2/c15-14(16,17)7-2-8-19-11-6-5-10-3-1-4-13(18)12(10)9-11/h5-6,9H,1-4,7-8H2. The summed E-state index contributed by atoms with van der Waals surface area (Å²) in [6.45, 7) is 0.00644. The van der Waals surface area contributed by atoms with E-state index in [9.17, 15) is 18.0 Å². The maximum absolute atomic E-state index is 12.0. The first-order chi connectivity index (χ1) is 8.96. The largest absolute Gasteiger partial charge is 0.494 e. The zero-order chi connectivity index (χ0) is 13.9. The highest BCUT2D eigenvalue weighted by molar-refractivity contribution is 5.98. The van der Waals surface area contributed by atoms with Crippen LogP contribution >= 0.6 is 0 Å². The molecule has 1 aliphatic carbocycles. The zero-order valence-electron chi connectivity index (χ0n) is 10.4. The van der Waals surface area contributed by atoms with E-state index in [1.165, 1.54) is 0 Å². The third-order valence-electron chi connectivity index (χ3n) is 3.11. The summed E-state index contributed by atoms with van der Waals surface area (Å²) in [4.78, 5) is 11.7. The molecule has 5 heteroatoms. The second-order valence-electron chi connectivity index (χ2n) is 4.66. The van der Waals surface area contributed by atoms with Crippen LogP contribution in [-0.2, 0) is 6.42 Å². The number of carbonyl (C=O) groups excluding carboxylic acids is 1. The summed E-state index contributed by atoms with van der Waals surface area (Å²) in [7, 11) is 0. The van der Waals surface area contributed by atoms with Crippen molar-refractivity contribution >= 4 is 5.78 Å². The molecule has 2 nitrogen and oxygen atoms in total. The quantitative estimate of drug-likeness (QED) is 0.776. The predicted octanol–water partition coefficient (Wildman–Crippen LogP) is 3.93. The van der Waals surface area contributed by atoms with Gasteiger partial charge in [0.15, 0.2) is 5.78 Å². The Hall–Kier alpha value is -1.52. The van der Waals surface area contributed by atoms with Crippen molar-refractivity contribution in [3.05, 3.63) is 29.3 Å². The Morgan fingerprint density at radius 1 is 1.21 bits per heavy atom. The van der Waals surface area contributed by atoms with Crippen molar-refractivity contribution < 1.29 is 22.7 Å². The number of ether oxygens (including phenoxy) is 1. The molecule has 1 aromatic rings. The van der Waals surface area contributed by atoms with E-state index in [1.54, 1.807) is 12.1 Å². The Bertz CT molecular complexity index is 466. The molecule has 0 aliphatic heterocycles. The van der Waals surface area contributed by atoms with E-state index in [-0.39, 0.29) is 18.8 Å². The molecular formula is C14H15F3O2. The average molecular weight is 272 g/mol. The molecule has 0 atom stereocenters. The molecule has 0 fully saturated rings. The number of aryl methyl sites for hydroxylation is 1. The molecule has 0 radical (unpaired) electrons. The first kappa shape index (κ1) is 13.9. The topological polar surface area (TPSA) is 26.3 Å². The normalized spacial score (nSPS) is 15.2. The maximum Gasteiger partial charge on any atom is 0.389 e. The second kappa shape index (κ2) is 5.63. The third-order valence-corrected chi connectivity index (χ3v) is 3.11. The third kappa shape index (κ3) is 3.98. The minimum absolute atomic E-state index is 0.00644. The number of rotatable bonds is 4. The van der Waals surface area contributed by atoms with Crippen molar-refractivity contribution in [1.29, 1.82) is 0 Å². The van der Waals surface area contributed by atoms with Gasteiger partial charge in [-0.3, -0.25) is 4.79 Å². The van der Waals surface area contributed by atoms with E-state index in [2.05, 4.69) is 0 Å². The molecule has 0 saturated carbocycles. The first-order valence-corrected chi connectivity index (χ1v) is 6.31. The summed E-state index contributed by atoms with van der Waals surface area (Å²) in [5, 5.41) is 0. The van der Waals surface area contributed by atoms with E-state index in [4.69, 9.17) is 4.74 Å². The minimum Gasteiger partial charge on any atom is -0.494 e. The number of hydrogen-bond donors (Lipinski definition) is 0. The summed E-state index contributed by atoms with van der Waals surface area (Å²) in [6.07, 6.45) is -2.81. The summed E-state index contributed by atoms with van der Waals surface area (Å²) < 4.78 is 41.1. The van der Waals surface area contributed by atoms with Gasteiger partial charge in [-0.2, -0.15) is 13.2 Å². The van der Waals surface area contributed by atoms with Crippen molar-refractivity contribution in [2.24, 2.45) is 0 Å². The van der Waals surface area contributed by atoms with Crippen LogP contribution in [0.4, 0.5) is 13.2 Å². The molecule has 1 aromatic carbocycles. The molecule has 0 spiro atoms. The number of carbonyl (C=O) groups is 1. The fraction of sp³-hybridized carbons (Fsp3) is 0.500. The number of halogens is 3. The van der Waals surface area contributed by atoms with Gasteiger partial charge >= 0.3 is 6.18 Å². The second-order valence-corrected chi connectivity index (χ2v) is 4.66. The number of ketones is 1. The summed E-state index contributed by atoms with van der Waals surface area (Å²) >= 11 is 0. The number of benzene rings is 1. The SMILES string of the molecule is O=C1CCCc2ccc(OCCCC(F)(F)F)cc21. The van der Waals surface area contributed by atoms with Crippen LogP contribution in [0, 0.1) is 0 Å². The fourth-order valence-corrected chi connectivity index (χ4v) is 2.16. The Morgan fingerprint density at radius 3 is 2.74 bits per heavy atom. The fourth-order valence-electron chi connectivity index (χ4n) is 2.16. The Labute approximate surface area is 109 Å². The van der Waals surface area contributed by atoms with Crippen molar-refractivity contribution in [3.8, 4) is 5.75 Å². The monoisotopic (exact) mass is 272 g/mol. The van der Waals surface area contributed by atoms with Gasteiger partial charge < -0.3 is 4.74 Å². The number of hydrogen-bond acceptors (Lipinski definition) is 2. The maximum atomic E-state index is 12.0. The van der Waals surface area contributed by atoms with Crippen molar-refractivity contribution in [2.75, 3.05) is 6.61 Å². The van der Waals surface area contributed by atoms with Crippen LogP contribution in [0.1, 0.15) is 41.6 Å². The Balaban J connectivity index is 1.91. The zero-order valence-corrected chi connectivity index (χ0v) is 10.4. The molecular weight excluding hydrogens is 257 g/mol. The van der Waals surface area contributed by atoms with Crippen LogP contribution in [0.25, 0.3) is 0 Å². The highest BCUT2D eigenvalue weighted by Crippen LogP contribution is 2.26. The van der Waals surface area contributed by atoms with Gasteiger partial charge in [-0.1, -0.05) is 6.07 Å². The van der Waals surface area contributed by atoms with Gasteiger partial charge in [0.2, 0.25) is 0 Å². The van der Waals surface area contributed by atoms with E-state index < -0.39 is 12.6 Å². The van der Waals surface area contributed by atoms with Gasteiger partial charge in [0.25, 0.3) is 0 Å². The van der Waals surface area contributed by atoms with Crippen LogP contribution in [0.2, 0.25) is 0 Å². The smallest absolute Gasteiger partial charge is 0.389 e. The molecule has 0 heterocycles. The Morgan fingerprint density at radius 2 is 2.00 bits per heavy atom. The van der Waals surface area contributed by atoms with Crippen LogP contribution < -0.4 is 4.74 Å². The highest BCUT2D eigenvalue weighted by atomic mass is 19.4. The summed E-state index contributed by atoms with van der Waals surface area (Å²) in [5.41, 5.74) is 1.65. The van der Waals surface area contributed by atoms with Crippen molar-refractivity contribution in [1.82, 2.24) is 0 Å². The highest BCUT2D eigenvalue weighted by Gasteiger charge is 2.26. The lowest BCUT2D eigenvalue weighted by molar-refractivity contribution is -0.136. The predicted molar refractivity (Wildman–Crippen MR) is 64.5 cm³/mol. The number of alkyl halides is 3. The molecule has 0 unspecified atom stereocenters. The van der Waals surface area contributed by atoms with Crippen LogP contribution in [0.15, 0.2) is 18.2 Å². The number of Topliss-reactive ketones (excluding diaryl/α,β-unsaturated/α-hetero) is 1. The van der Waals surface area contributed by atoms with Crippen LogP contribution in [-0.4, -0.2) is 18.6 Å². The van der Waals surface area contributed by atoms with Crippen LogP contribution in [0.5, 0.6) is 5.75 Å². The summed E-state index contributed by atoms with van der Waals surface area (Å²) in [5.74, 6) is 0.554. The van der Waals surface area contributed by atoms with E-state index in [0.717, 1.165) is 18.4 Å². The molecule has 0 saturated heterocycles. The minimum atomic E-state index is -4.14. The van der Waals surface area contributed by atoms with Gasteiger partial charge in [0.1, 0.15) is 5.75 Å². The molecule has 0 N–H and O–H groups in total. The molecule has 2 rings (SSSR count). The average Bonchev–Trinajstić information content (AvgIpc) is 2.34. The van der Waals surface area contributed by atoms with Gasteiger partial charge in [0, 0.05) is 18.4 Å². The number of fused-ring (bicyclic) bond motifs is 1. The van der Waals surface area contributed by atoms with E-state index in [1.807, 2.05) is 6.07 Å². The molecule has 104 valence electrons. The van der Waals surface area contributed by atoms with Crippen molar-refractivity contribution in [3.63, 3.8) is 0 Å². The van der Waals surface area contributed by atoms with Gasteiger partial charge in [-0.15, -0.1) is 0 Å².